The van der Waals surface area contributed by atoms with Crippen LogP contribution in [-0.4, -0.2) is 11.3 Å². The van der Waals surface area contributed by atoms with Gasteiger partial charge in [-0.3, -0.25) is 4.79 Å². The molecule has 0 aliphatic carbocycles. The van der Waals surface area contributed by atoms with E-state index in [-0.39, 0.29) is 0 Å². The van der Waals surface area contributed by atoms with Crippen LogP contribution in [0, 0.1) is 0 Å². The number of carbonyl (C=O) groups is 1. The second kappa shape index (κ2) is 4.76. The number of aromatic nitrogens is 1. The van der Waals surface area contributed by atoms with Crippen LogP contribution in [0.25, 0.3) is 11.1 Å². The fourth-order valence-corrected chi connectivity index (χ4v) is 1.98. The van der Waals surface area contributed by atoms with E-state index < -0.39 is 0 Å². The lowest BCUT2D eigenvalue weighted by Gasteiger charge is -2.04. The molecular weight excluding hydrogens is 289 g/mol. The van der Waals surface area contributed by atoms with E-state index in [4.69, 9.17) is 11.6 Å². The quantitative estimate of drug-likeness (QED) is 0.620. The molecule has 1 aromatic carbocycles. The highest BCUT2D eigenvalue weighted by molar-refractivity contribution is 9.10. The van der Waals surface area contributed by atoms with E-state index in [1.54, 1.807) is 24.4 Å². The van der Waals surface area contributed by atoms with Crippen molar-refractivity contribution in [2.24, 2.45) is 0 Å². The summed E-state index contributed by atoms with van der Waals surface area (Å²) in [6, 6.07) is 9.06. The molecule has 1 aromatic heterocycles. The fraction of sp³-hybridized carbons (Fsp3) is 0. The molecular formula is C12H7BrClNO. The molecule has 0 spiro atoms. The van der Waals surface area contributed by atoms with Crippen molar-refractivity contribution < 1.29 is 4.79 Å². The summed E-state index contributed by atoms with van der Waals surface area (Å²) >= 11 is 9.25. The monoisotopic (exact) mass is 295 g/mol. The molecule has 0 aliphatic heterocycles. The number of hydrogen-bond acceptors (Lipinski definition) is 2. The first-order valence-electron chi connectivity index (χ1n) is 4.57. The van der Waals surface area contributed by atoms with Crippen molar-refractivity contribution in [3.8, 4) is 11.1 Å². The van der Waals surface area contributed by atoms with E-state index in [1.807, 2.05) is 12.1 Å². The number of halogens is 2. The van der Waals surface area contributed by atoms with Crippen LogP contribution < -0.4 is 0 Å². The summed E-state index contributed by atoms with van der Waals surface area (Å²) in [4.78, 5) is 14.5. The van der Waals surface area contributed by atoms with Crippen LogP contribution in [0.3, 0.4) is 0 Å². The average molecular weight is 297 g/mol. The van der Waals surface area contributed by atoms with Crippen molar-refractivity contribution in [3.05, 3.63) is 51.7 Å². The van der Waals surface area contributed by atoms with Crippen LogP contribution in [0.1, 0.15) is 10.4 Å². The number of carbonyl (C=O) groups excluding carboxylic acids is 1. The molecule has 0 fully saturated rings. The first-order valence-corrected chi connectivity index (χ1v) is 5.74. The molecule has 0 aliphatic rings. The number of pyridine rings is 1. The number of nitrogens with zero attached hydrogens (tertiary/aromatic N) is 1. The Morgan fingerprint density at radius 3 is 2.56 bits per heavy atom. The average Bonchev–Trinajstić information content (AvgIpc) is 2.32. The molecule has 80 valence electrons. The van der Waals surface area contributed by atoms with Crippen molar-refractivity contribution in [3.63, 3.8) is 0 Å². The van der Waals surface area contributed by atoms with Crippen LogP contribution in [0.15, 0.2) is 41.0 Å². The van der Waals surface area contributed by atoms with E-state index in [9.17, 15) is 4.79 Å². The van der Waals surface area contributed by atoms with Crippen molar-refractivity contribution in [2.75, 3.05) is 0 Å². The summed E-state index contributed by atoms with van der Waals surface area (Å²) < 4.78 is 0.871. The van der Waals surface area contributed by atoms with Gasteiger partial charge in [-0.15, -0.1) is 0 Å². The molecule has 0 unspecified atom stereocenters. The van der Waals surface area contributed by atoms with Gasteiger partial charge >= 0.3 is 0 Å². The SMILES string of the molecule is O=Cc1ccc(-c2cc(Cl)ncc2Br)cc1. The molecule has 1 heterocycles. The lowest BCUT2D eigenvalue weighted by molar-refractivity contribution is 0.112. The molecule has 2 aromatic rings. The predicted octanol–water partition coefficient (Wildman–Crippen LogP) is 3.98. The van der Waals surface area contributed by atoms with Gasteiger partial charge in [-0.25, -0.2) is 4.98 Å². The van der Waals surface area contributed by atoms with Crippen molar-refractivity contribution in [1.82, 2.24) is 4.98 Å². The van der Waals surface area contributed by atoms with Crippen LogP contribution in [0.4, 0.5) is 0 Å². The highest BCUT2D eigenvalue weighted by atomic mass is 79.9. The summed E-state index contributed by atoms with van der Waals surface area (Å²) in [7, 11) is 0. The second-order valence-corrected chi connectivity index (χ2v) is 4.47. The maximum Gasteiger partial charge on any atom is 0.150 e. The first-order chi connectivity index (χ1) is 7.70. The van der Waals surface area contributed by atoms with Gasteiger partial charge in [0.2, 0.25) is 0 Å². The third-order valence-corrected chi connectivity index (χ3v) is 3.02. The van der Waals surface area contributed by atoms with Crippen LogP contribution in [0.5, 0.6) is 0 Å². The van der Waals surface area contributed by atoms with Gasteiger partial charge in [0, 0.05) is 21.8 Å². The topological polar surface area (TPSA) is 30.0 Å². The predicted molar refractivity (Wildman–Crippen MR) is 67.8 cm³/mol. The normalized spacial score (nSPS) is 10.1. The Kier molecular flexibility index (Phi) is 3.36. The van der Waals surface area contributed by atoms with Gasteiger partial charge in [0.05, 0.1) is 0 Å². The maximum atomic E-state index is 10.5. The Morgan fingerprint density at radius 1 is 1.25 bits per heavy atom. The standard InChI is InChI=1S/C12H7BrClNO/c13-11-6-15-12(14)5-10(11)9-3-1-8(7-16)2-4-9/h1-7H. The van der Waals surface area contributed by atoms with Crippen molar-refractivity contribution >= 4 is 33.8 Å². The van der Waals surface area contributed by atoms with Crippen molar-refractivity contribution in [1.29, 1.82) is 0 Å². The van der Waals surface area contributed by atoms with E-state index in [0.717, 1.165) is 21.9 Å². The summed E-state index contributed by atoms with van der Waals surface area (Å²) in [6.07, 6.45) is 2.48. The van der Waals surface area contributed by atoms with Gasteiger partial charge in [-0.05, 0) is 27.6 Å². The first kappa shape index (κ1) is 11.3. The highest BCUT2D eigenvalue weighted by Crippen LogP contribution is 2.29. The van der Waals surface area contributed by atoms with Crippen LogP contribution in [0.2, 0.25) is 5.15 Å². The smallest absolute Gasteiger partial charge is 0.150 e. The Labute approximate surface area is 106 Å². The Bertz CT molecular complexity index is 525. The number of rotatable bonds is 2. The number of benzene rings is 1. The number of aldehydes is 1. The van der Waals surface area contributed by atoms with E-state index in [2.05, 4.69) is 20.9 Å². The lowest BCUT2D eigenvalue weighted by Crippen LogP contribution is -1.84. The largest absolute Gasteiger partial charge is 0.298 e. The maximum absolute atomic E-state index is 10.5. The molecule has 0 radical (unpaired) electrons. The Morgan fingerprint density at radius 2 is 1.94 bits per heavy atom. The van der Waals surface area contributed by atoms with Gasteiger partial charge in [-0.1, -0.05) is 35.9 Å². The van der Waals surface area contributed by atoms with Gasteiger partial charge in [0.15, 0.2) is 0 Å². The Balaban J connectivity index is 2.49. The minimum absolute atomic E-state index is 0.442. The highest BCUT2D eigenvalue weighted by Gasteiger charge is 2.04. The molecule has 0 saturated heterocycles. The van der Waals surface area contributed by atoms with Crippen molar-refractivity contribution in [2.45, 2.75) is 0 Å². The zero-order valence-electron chi connectivity index (χ0n) is 8.15. The molecule has 0 atom stereocenters. The second-order valence-electron chi connectivity index (χ2n) is 3.23. The molecule has 0 N–H and O–H groups in total. The third kappa shape index (κ3) is 2.31. The number of hydrogen-bond donors (Lipinski definition) is 0. The Hall–Kier alpha value is -1.19. The summed E-state index contributed by atoms with van der Waals surface area (Å²) in [5.41, 5.74) is 2.60. The summed E-state index contributed by atoms with van der Waals surface area (Å²) in [6.45, 7) is 0. The van der Waals surface area contributed by atoms with Gasteiger partial charge < -0.3 is 0 Å². The van der Waals surface area contributed by atoms with Gasteiger partial charge in [0.1, 0.15) is 11.4 Å². The third-order valence-electron chi connectivity index (χ3n) is 2.18. The van der Waals surface area contributed by atoms with E-state index in [0.29, 0.717) is 10.7 Å². The van der Waals surface area contributed by atoms with E-state index >= 15 is 0 Å². The zero-order valence-corrected chi connectivity index (χ0v) is 10.5. The minimum Gasteiger partial charge on any atom is -0.298 e. The molecule has 0 saturated carbocycles. The molecule has 0 bridgehead atoms. The minimum atomic E-state index is 0.442. The van der Waals surface area contributed by atoms with Crippen LogP contribution in [-0.2, 0) is 0 Å². The summed E-state index contributed by atoms with van der Waals surface area (Å²) in [5, 5.41) is 0.442. The molecule has 16 heavy (non-hydrogen) atoms. The molecule has 2 rings (SSSR count). The van der Waals surface area contributed by atoms with Gasteiger partial charge in [0.25, 0.3) is 0 Å². The summed E-state index contributed by atoms with van der Waals surface area (Å²) in [5.74, 6) is 0. The zero-order chi connectivity index (χ0) is 11.5. The van der Waals surface area contributed by atoms with Crippen LogP contribution >= 0.6 is 27.5 Å². The fourth-order valence-electron chi connectivity index (χ4n) is 1.38. The molecule has 2 nitrogen and oxygen atoms in total. The lowest BCUT2D eigenvalue weighted by atomic mass is 10.1. The molecule has 4 heteroatoms. The van der Waals surface area contributed by atoms with Gasteiger partial charge in [-0.2, -0.15) is 0 Å². The molecule has 0 amide bonds. The van der Waals surface area contributed by atoms with E-state index in [1.165, 1.54) is 0 Å².